The van der Waals surface area contributed by atoms with Gasteiger partial charge in [-0.25, -0.2) is 0 Å². The van der Waals surface area contributed by atoms with E-state index in [1.807, 2.05) is 0 Å². The Balaban J connectivity index is 2.84. The summed E-state index contributed by atoms with van der Waals surface area (Å²) in [6.07, 6.45) is -1.08. The molecule has 94 valence electrons. The second-order valence-corrected chi connectivity index (χ2v) is 5.10. The molecule has 0 aliphatic heterocycles. The van der Waals surface area contributed by atoms with Crippen molar-refractivity contribution < 1.29 is 14.6 Å². The summed E-state index contributed by atoms with van der Waals surface area (Å²) >= 11 is 6.63. The highest BCUT2D eigenvalue weighted by Gasteiger charge is 2.25. The molecule has 4 nitrogen and oxygen atoms in total. The average Bonchev–Trinajstić information content (AvgIpc) is 2.31. The van der Waals surface area contributed by atoms with Crippen LogP contribution >= 0.6 is 31.9 Å². The molecular weight excluding hydrogens is 354 g/mol. The summed E-state index contributed by atoms with van der Waals surface area (Å²) in [6, 6.07) is 4.08. The minimum atomic E-state index is -1.08. The Kier molecular flexibility index (Phi) is 5.58. The molecule has 2 unspecified atom stereocenters. The van der Waals surface area contributed by atoms with Crippen LogP contribution in [0.25, 0.3) is 0 Å². The van der Waals surface area contributed by atoms with Crippen molar-refractivity contribution in [1.29, 1.82) is 0 Å². The number of ether oxygens (including phenoxy) is 1. The Morgan fingerprint density at radius 2 is 2.12 bits per heavy atom. The molecule has 6 heteroatoms. The zero-order valence-corrected chi connectivity index (χ0v) is 12.4. The van der Waals surface area contributed by atoms with E-state index in [9.17, 15) is 9.90 Å². The van der Waals surface area contributed by atoms with Gasteiger partial charge in [0.25, 0.3) is 0 Å². The van der Waals surface area contributed by atoms with E-state index in [0.717, 1.165) is 8.95 Å². The van der Waals surface area contributed by atoms with E-state index >= 15 is 0 Å². The first kappa shape index (κ1) is 14.6. The summed E-state index contributed by atoms with van der Waals surface area (Å²) in [7, 11) is 0. The third kappa shape index (κ3) is 3.77. The molecule has 0 spiro atoms. The molecule has 1 rings (SSSR count). The van der Waals surface area contributed by atoms with E-state index in [-0.39, 0.29) is 6.61 Å². The first-order valence-corrected chi connectivity index (χ1v) is 6.61. The Bertz CT molecular complexity index is 412. The molecule has 0 saturated heterocycles. The number of hydrogen-bond acceptors (Lipinski definition) is 4. The van der Waals surface area contributed by atoms with E-state index in [0.29, 0.717) is 5.56 Å². The fourth-order valence-electron chi connectivity index (χ4n) is 1.27. The number of aliphatic hydroxyl groups is 1. The molecule has 1 aromatic rings. The van der Waals surface area contributed by atoms with Crippen LogP contribution in [0.15, 0.2) is 27.1 Å². The minimum Gasteiger partial charge on any atom is -0.465 e. The highest BCUT2D eigenvalue weighted by atomic mass is 79.9. The Morgan fingerprint density at radius 3 is 2.65 bits per heavy atom. The van der Waals surface area contributed by atoms with Gasteiger partial charge in [-0.2, -0.15) is 0 Å². The van der Waals surface area contributed by atoms with E-state index in [1.54, 1.807) is 25.1 Å². The lowest BCUT2D eigenvalue weighted by Crippen LogP contribution is -2.38. The lowest BCUT2D eigenvalue weighted by molar-refractivity contribution is -0.147. The van der Waals surface area contributed by atoms with Gasteiger partial charge in [-0.1, -0.05) is 6.07 Å². The van der Waals surface area contributed by atoms with Crippen molar-refractivity contribution in [3.05, 3.63) is 32.7 Å². The zero-order chi connectivity index (χ0) is 13.0. The third-order valence-electron chi connectivity index (χ3n) is 2.18. The fraction of sp³-hybridized carbons (Fsp3) is 0.364. The Hall–Kier alpha value is -0.430. The molecule has 0 aromatic heterocycles. The summed E-state index contributed by atoms with van der Waals surface area (Å²) in [4.78, 5) is 11.4. The summed E-state index contributed by atoms with van der Waals surface area (Å²) in [5, 5.41) is 9.94. The number of nitrogens with two attached hydrogens (primary N) is 1. The van der Waals surface area contributed by atoms with E-state index < -0.39 is 18.1 Å². The SMILES string of the molecule is CCOC(=O)C(N)C(O)c1ccc(Br)c(Br)c1. The molecule has 0 fully saturated rings. The van der Waals surface area contributed by atoms with E-state index in [1.165, 1.54) is 0 Å². The summed E-state index contributed by atoms with van der Waals surface area (Å²) in [5.74, 6) is -0.612. The van der Waals surface area contributed by atoms with Gasteiger partial charge in [-0.3, -0.25) is 4.79 Å². The number of halogens is 2. The largest absolute Gasteiger partial charge is 0.465 e. The maximum atomic E-state index is 11.4. The standard InChI is InChI=1S/C11H13Br2NO3/c1-2-17-11(16)9(14)10(15)6-3-4-7(12)8(13)5-6/h3-5,9-10,15H,2,14H2,1H3. The fourth-order valence-corrected chi connectivity index (χ4v) is 1.91. The van der Waals surface area contributed by atoms with Gasteiger partial charge in [0.2, 0.25) is 0 Å². The molecule has 2 atom stereocenters. The van der Waals surface area contributed by atoms with Crippen LogP contribution in [0.5, 0.6) is 0 Å². The van der Waals surface area contributed by atoms with Crippen LogP contribution in [-0.4, -0.2) is 23.7 Å². The van der Waals surface area contributed by atoms with Gasteiger partial charge in [-0.05, 0) is 56.5 Å². The summed E-state index contributed by atoms with van der Waals surface area (Å²) in [5.41, 5.74) is 6.17. The maximum absolute atomic E-state index is 11.4. The highest BCUT2D eigenvalue weighted by Crippen LogP contribution is 2.27. The summed E-state index contributed by atoms with van der Waals surface area (Å²) < 4.78 is 6.40. The van der Waals surface area contributed by atoms with Crippen molar-refractivity contribution in [1.82, 2.24) is 0 Å². The van der Waals surface area contributed by atoms with E-state index in [4.69, 9.17) is 10.5 Å². The lowest BCUT2D eigenvalue weighted by atomic mass is 10.0. The number of rotatable bonds is 4. The zero-order valence-electron chi connectivity index (χ0n) is 9.19. The van der Waals surface area contributed by atoms with Crippen LogP contribution in [-0.2, 0) is 9.53 Å². The molecule has 0 aliphatic carbocycles. The first-order chi connectivity index (χ1) is 7.97. The van der Waals surface area contributed by atoms with Gasteiger partial charge in [0.1, 0.15) is 12.1 Å². The van der Waals surface area contributed by atoms with Gasteiger partial charge in [-0.15, -0.1) is 0 Å². The van der Waals surface area contributed by atoms with Gasteiger partial charge in [0, 0.05) is 8.95 Å². The van der Waals surface area contributed by atoms with Crippen LogP contribution in [0.4, 0.5) is 0 Å². The molecule has 1 aromatic carbocycles. The van der Waals surface area contributed by atoms with Gasteiger partial charge < -0.3 is 15.6 Å². The topological polar surface area (TPSA) is 72.5 Å². The molecule has 0 saturated carbocycles. The van der Waals surface area contributed by atoms with Crippen molar-refractivity contribution in [2.24, 2.45) is 5.73 Å². The maximum Gasteiger partial charge on any atom is 0.325 e. The normalized spacial score (nSPS) is 14.2. The van der Waals surface area contributed by atoms with Crippen LogP contribution < -0.4 is 5.73 Å². The smallest absolute Gasteiger partial charge is 0.325 e. The van der Waals surface area contributed by atoms with Crippen molar-refractivity contribution in [2.45, 2.75) is 19.1 Å². The van der Waals surface area contributed by atoms with Crippen LogP contribution in [0.1, 0.15) is 18.6 Å². The van der Waals surface area contributed by atoms with Crippen molar-refractivity contribution in [3.8, 4) is 0 Å². The van der Waals surface area contributed by atoms with Crippen molar-refractivity contribution in [2.75, 3.05) is 6.61 Å². The van der Waals surface area contributed by atoms with Crippen LogP contribution in [0.3, 0.4) is 0 Å². The molecule has 0 radical (unpaired) electrons. The molecule has 17 heavy (non-hydrogen) atoms. The average molecular weight is 367 g/mol. The van der Waals surface area contributed by atoms with Crippen molar-refractivity contribution >= 4 is 37.8 Å². The van der Waals surface area contributed by atoms with Gasteiger partial charge in [0.15, 0.2) is 0 Å². The number of hydrogen-bond donors (Lipinski definition) is 2. The number of benzene rings is 1. The van der Waals surface area contributed by atoms with Crippen LogP contribution in [0, 0.1) is 0 Å². The first-order valence-electron chi connectivity index (χ1n) is 5.02. The lowest BCUT2D eigenvalue weighted by Gasteiger charge is -2.18. The van der Waals surface area contributed by atoms with Gasteiger partial charge >= 0.3 is 5.97 Å². The van der Waals surface area contributed by atoms with Gasteiger partial charge in [0.05, 0.1) is 6.61 Å². The molecule has 0 aliphatic rings. The Labute approximate surface area is 116 Å². The molecule has 3 N–H and O–H groups in total. The van der Waals surface area contributed by atoms with E-state index in [2.05, 4.69) is 31.9 Å². The predicted molar refractivity (Wildman–Crippen MR) is 71.4 cm³/mol. The molecule has 0 bridgehead atoms. The Morgan fingerprint density at radius 1 is 1.47 bits per heavy atom. The quantitative estimate of drug-likeness (QED) is 0.800. The monoisotopic (exact) mass is 365 g/mol. The highest BCUT2D eigenvalue weighted by molar-refractivity contribution is 9.13. The molecule has 0 amide bonds. The van der Waals surface area contributed by atoms with Crippen molar-refractivity contribution in [3.63, 3.8) is 0 Å². The number of carbonyl (C=O) groups is 1. The number of carbonyl (C=O) groups excluding carboxylic acids is 1. The molecular formula is C11H13Br2NO3. The molecule has 0 heterocycles. The minimum absolute atomic E-state index is 0.239. The third-order valence-corrected chi connectivity index (χ3v) is 4.06. The second-order valence-electron chi connectivity index (χ2n) is 3.40. The summed E-state index contributed by atoms with van der Waals surface area (Å²) in [6.45, 7) is 1.93. The predicted octanol–water partition coefficient (Wildman–Crippen LogP) is 2.14. The number of esters is 1. The van der Waals surface area contributed by atoms with Crippen LogP contribution in [0.2, 0.25) is 0 Å². The number of aliphatic hydroxyl groups excluding tert-OH is 1. The second kappa shape index (κ2) is 6.49.